The number of anilines is 2. The SMILES string of the molecule is COC(=O)c1cc([N+](=O)[O-])c(NC2CCN(c3ccccc3OC)C2)cc1Cl. The maximum atomic E-state index is 11.8. The first-order valence-electron chi connectivity index (χ1n) is 8.65. The number of nitro benzene ring substituents is 1. The van der Waals surface area contributed by atoms with Crippen LogP contribution in [0.1, 0.15) is 16.8 Å². The largest absolute Gasteiger partial charge is 0.495 e. The van der Waals surface area contributed by atoms with Crippen LogP contribution >= 0.6 is 11.6 Å². The molecular weight excluding hydrogens is 386 g/mol. The van der Waals surface area contributed by atoms with Gasteiger partial charge in [-0.05, 0) is 24.6 Å². The molecular formula is C19H20ClN3O5. The Morgan fingerprint density at radius 2 is 2.07 bits per heavy atom. The fourth-order valence-electron chi connectivity index (χ4n) is 3.30. The van der Waals surface area contributed by atoms with Crippen molar-refractivity contribution < 1.29 is 19.2 Å². The topological polar surface area (TPSA) is 93.9 Å². The Morgan fingerprint density at radius 1 is 1.32 bits per heavy atom. The number of esters is 1. The van der Waals surface area contributed by atoms with Gasteiger partial charge in [0.05, 0.1) is 35.4 Å². The van der Waals surface area contributed by atoms with E-state index >= 15 is 0 Å². The minimum Gasteiger partial charge on any atom is -0.495 e. The van der Waals surface area contributed by atoms with Gasteiger partial charge in [-0.1, -0.05) is 23.7 Å². The predicted octanol–water partition coefficient (Wildman–Crippen LogP) is 3.73. The second-order valence-electron chi connectivity index (χ2n) is 6.35. The van der Waals surface area contributed by atoms with Gasteiger partial charge in [0.2, 0.25) is 0 Å². The molecule has 0 saturated carbocycles. The van der Waals surface area contributed by atoms with Gasteiger partial charge in [0.25, 0.3) is 5.69 Å². The minimum atomic E-state index is -0.720. The van der Waals surface area contributed by atoms with E-state index in [0.29, 0.717) is 6.54 Å². The summed E-state index contributed by atoms with van der Waals surface area (Å²) in [7, 11) is 2.82. The standard InChI is InChI=1S/C19H20ClN3O5/c1-27-18-6-4-3-5-16(18)22-8-7-12(11-22)21-15-10-14(20)13(19(24)28-2)9-17(15)23(25)26/h3-6,9-10,12,21H,7-8,11H2,1-2H3. The molecule has 1 saturated heterocycles. The number of ether oxygens (including phenoxy) is 2. The van der Waals surface area contributed by atoms with Crippen LogP contribution in [0.15, 0.2) is 36.4 Å². The van der Waals surface area contributed by atoms with E-state index in [1.165, 1.54) is 13.2 Å². The van der Waals surface area contributed by atoms with Crippen LogP contribution < -0.4 is 15.0 Å². The number of para-hydroxylation sites is 2. The third-order valence-corrected chi connectivity index (χ3v) is 4.97. The molecule has 2 aromatic carbocycles. The zero-order chi connectivity index (χ0) is 20.3. The first-order chi connectivity index (χ1) is 13.4. The summed E-state index contributed by atoms with van der Waals surface area (Å²) in [6, 6.07) is 10.2. The lowest BCUT2D eigenvalue weighted by atomic mass is 10.1. The maximum Gasteiger partial charge on any atom is 0.339 e. The van der Waals surface area contributed by atoms with Crippen LogP contribution in [0, 0.1) is 10.1 Å². The molecule has 1 fully saturated rings. The summed E-state index contributed by atoms with van der Waals surface area (Å²) >= 11 is 6.14. The average Bonchev–Trinajstić information content (AvgIpc) is 3.15. The third-order valence-electron chi connectivity index (χ3n) is 4.66. The molecule has 9 heteroatoms. The van der Waals surface area contributed by atoms with Crippen molar-refractivity contribution in [3.8, 4) is 5.75 Å². The van der Waals surface area contributed by atoms with Gasteiger partial charge in [-0.25, -0.2) is 4.79 Å². The molecule has 0 aromatic heterocycles. The van der Waals surface area contributed by atoms with E-state index in [2.05, 4.69) is 15.0 Å². The van der Waals surface area contributed by atoms with Crippen molar-refractivity contribution in [1.82, 2.24) is 0 Å². The Hall–Kier alpha value is -3.00. The number of halogens is 1. The van der Waals surface area contributed by atoms with Crippen molar-refractivity contribution in [1.29, 1.82) is 0 Å². The molecule has 0 aliphatic carbocycles. The van der Waals surface area contributed by atoms with Crippen LogP contribution in [0.4, 0.5) is 17.1 Å². The highest BCUT2D eigenvalue weighted by atomic mass is 35.5. The van der Waals surface area contributed by atoms with Gasteiger partial charge in [-0.2, -0.15) is 0 Å². The van der Waals surface area contributed by atoms with Crippen molar-refractivity contribution in [2.75, 3.05) is 37.5 Å². The monoisotopic (exact) mass is 405 g/mol. The number of nitro groups is 1. The van der Waals surface area contributed by atoms with Gasteiger partial charge in [0, 0.05) is 25.2 Å². The number of rotatable bonds is 6. The van der Waals surface area contributed by atoms with Crippen LogP contribution in [0.5, 0.6) is 5.75 Å². The Labute approximate surface area is 167 Å². The molecule has 0 spiro atoms. The molecule has 148 valence electrons. The van der Waals surface area contributed by atoms with Crippen LogP contribution in [0.2, 0.25) is 5.02 Å². The highest BCUT2D eigenvalue weighted by Gasteiger charge is 2.28. The molecule has 1 heterocycles. The number of nitrogens with zero attached hydrogens (tertiary/aromatic N) is 2. The smallest absolute Gasteiger partial charge is 0.339 e. The number of nitrogens with one attached hydrogen (secondary N) is 1. The number of hydrogen-bond acceptors (Lipinski definition) is 7. The van der Waals surface area contributed by atoms with Gasteiger partial charge in [0.1, 0.15) is 11.4 Å². The summed E-state index contributed by atoms with van der Waals surface area (Å²) in [6.45, 7) is 1.42. The van der Waals surface area contributed by atoms with E-state index in [-0.39, 0.29) is 28.0 Å². The maximum absolute atomic E-state index is 11.8. The van der Waals surface area contributed by atoms with Crippen molar-refractivity contribution in [2.45, 2.75) is 12.5 Å². The zero-order valence-corrected chi connectivity index (χ0v) is 16.2. The van der Waals surface area contributed by atoms with Crippen LogP contribution in [-0.4, -0.2) is 44.2 Å². The first-order valence-corrected chi connectivity index (χ1v) is 9.03. The molecule has 2 aromatic rings. The predicted molar refractivity (Wildman–Crippen MR) is 107 cm³/mol. The fourth-order valence-corrected chi connectivity index (χ4v) is 3.54. The number of carbonyl (C=O) groups excluding carboxylic acids is 1. The Kier molecular flexibility index (Phi) is 5.89. The van der Waals surface area contributed by atoms with E-state index in [4.69, 9.17) is 16.3 Å². The molecule has 1 atom stereocenters. The number of hydrogen-bond donors (Lipinski definition) is 1. The molecule has 1 aliphatic heterocycles. The van der Waals surface area contributed by atoms with E-state index in [1.807, 2.05) is 24.3 Å². The molecule has 8 nitrogen and oxygen atoms in total. The van der Waals surface area contributed by atoms with Gasteiger partial charge in [-0.3, -0.25) is 10.1 Å². The van der Waals surface area contributed by atoms with Gasteiger partial charge in [-0.15, -0.1) is 0 Å². The lowest BCUT2D eigenvalue weighted by molar-refractivity contribution is -0.384. The first kappa shape index (κ1) is 19.8. The Balaban J connectivity index is 1.81. The average molecular weight is 406 g/mol. The molecule has 1 unspecified atom stereocenters. The minimum absolute atomic E-state index is 0.0244. The van der Waals surface area contributed by atoms with Crippen molar-refractivity contribution in [3.05, 3.63) is 57.1 Å². The quantitative estimate of drug-likeness (QED) is 0.444. The highest BCUT2D eigenvalue weighted by Crippen LogP contribution is 2.35. The summed E-state index contributed by atoms with van der Waals surface area (Å²) in [5.74, 6) is 0.0578. The third kappa shape index (κ3) is 3.96. The highest BCUT2D eigenvalue weighted by molar-refractivity contribution is 6.34. The lowest BCUT2D eigenvalue weighted by Crippen LogP contribution is -2.26. The summed E-state index contributed by atoms with van der Waals surface area (Å²) < 4.78 is 10.0. The Bertz CT molecular complexity index is 905. The zero-order valence-electron chi connectivity index (χ0n) is 15.5. The fraction of sp³-hybridized carbons (Fsp3) is 0.316. The van der Waals surface area contributed by atoms with Crippen molar-refractivity contribution in [3.63, 3.8) is 0 Å². The van der Waals surface area contributed by atoms with Crippen LogP contribution in [-0.2, 0) is 4.74 Å². The molecule has 3 rings (SSSR count). The number of carbonyl (C=O) groups is 1. The van der Waals surface area contributed by atoms with E-state index in [9.17, 15) is 14.9 Å². The van der Waals surface area contributed by atoms with E-state index in [1.54, 1.807) is 7.11 Å². The molecule has 0 amide bonds. The normalized spacial score (nSPS) is 16.0. The van der Waals surface area contributed by atoms with Gasteiger partial charge >= 0.3 is 5.97 Å². The summed E-state index contributed by atoms with van der Waals surface area (Å²) in [5, 5.41) is 14.8. The second-order valence-corrected chi connectivity index (χ2v) is 6.75. The van der Waals surface area contributed by atoms with Crippen LogP contribution in [0.3, 0.4) is 0 Å². The Morgan fingerprint density at radius 3 is 2.75 bits per heavy atom. The summed E-state index contributed by atoms with van der Waals surface area (Å²) in [4.78, 5) is 24.9. The summed E-state index contributed by atoms with van der Waals surface area (Å²) in [5.41, 5.74) is 0.987. The van der Waals surface area contributed by atoms with Crippen LogP contribution in [0.25, 0.3) is 0 Å². The lowest BCUT2D eigenvalue weighted by Gasteiger charge is -2.21. The molecule has 28 heavy (non-hydrogen) atoms. The van der Waals surface area contributed by atoms with Crippen molar-refractivity contribution >= 4 is 34.6 Å². The molecule has 1 aliphatic rings. The van der Waals surface area contributed by atoms with Gasteiger partial charge < -0.3 is 19.7 Å². The number of methoxy groups -OCH3 is 2. The van der Waals surface area contributed by atoms with E-state index in [0.717, 1.165) is 30.5 Å². The molecule has 1 N–H and O–H groups in total. The van der Waals surface area contributed by atoms with Gasteiger partial charge in [0.15, 0.2) is 0 Å². The second kappa shape index (κ2) is 8.35. The van der Waals surface area contributed by atoms with Crippen molar-refractivity contribution in [2.24, 2.45) is 0 Å². The molecule has 0 bridgehead atoms. The molecule has 0 radical (unpaired) electrons. The van der Waals surface area contributed by atoms with E-state index < -0.39 is 10.9 Å². The number of benzene rings is 2. The summed E-state index contributed by atoms with van der Waals surface area (Å²) in [6.07, 6.45) is 0.783.